The molecule has 0 aliphatic heterocycles. The van der Waals surface area contributed by atoms with E-state index in [0.29, 0.717) is 17.9 Å². The van der Waals surface area contributed by atoms with E-state index in [2.05, 4.69) is 6.92 Å². The highest BCUT2D eigenvalue weighted by Gasteiger charge is 2.12. The van der Waals surface area contributed by atoms with E-state index in [1.54, 1.807) is 13.2 Å². The molecule has 1 aromatic carbocycles. The van der Waals surface area contributed by atoms with E-state index in [9.17, 15) is 4.79 Å². The van der Waals surface area contributed by atoms with E-state index in [1.807, 2.05) is 19.1 Å². The highest BCUT2D eigenvalue weighted by Crippen LogP contribution is 2.20. The Hall–Kier alpha value is -1.35. The van der Waals surface area contributed by atoms with Crippen LogP contribution in [-0.2, 0) is 4.74 Å². The van der Waals surface area contributed by atoms with Gasteiger partial charge in [-0.25, -0.2) is 0 Å². The lowest BCUT2D eigenvalue weighted by Gasteiger charge is -2.09. The van der Waals surface area contributed by atoms with Crippen LogP contribution in [0.4, 0.5) is 0 Å². The van der Waals surface area contributed by atoms with Crippen LogP contribution in [0.3, 0.4) is 0 Å². The Kier molecular flexibility index (Phi) is 7.97. The van der Waals surface area contributed by atoms with Crippen molar-refractivity contribution in [3.8, 4) is 5.75 Å². The molecule has 0 fully saturated rings. The van der Waals surface area contributed by atoms with Crippen LogP contribution in [0.15, 0.2) is 18.2 Å². The van der Waals surface area contributed by atoms with Gasteiger partial charge in [0.1, 0.15) is 12.4 Å². The standard InChI is InChI=1S/C17H26O3/c1-4-5-6-7-8-11-20-13-16(18)15-10-9-14(2)12-17(15)19-3/h9-10,12H,4-8,11,13H2,1-3H3. The fourth-order valence-corrected chi connectivity index (χ4v) is 2.08. The van der Waals surface area contributed by atoms with Crippen LogP contribution >= 0.6 is 0 Å². The average Bonchev–Trinajstić information content (AvgIpc) is 2.45. The lowest BCUT2D eigenvalue weighted by Crippen LogP contribution is -2.11. The van der Waals surface area contributed by atoms with Crippen molar-refractivity contribution in [3.63, 3.8) is 0 Å². The summed E-state index contributed by atoms with van der Waals surface area (Å²) in [5.74, 6) is 0.608. The Labute approximate surface area is 122 Å². The number of benzene rings is 1. The normalized spacial score (nSPS) is 10.6. The number of Topliss-reactive ketones (excluding diaryl/α,β-unsaturated/α-hetero) is 1. The lowest BCUT2D eigenvalue weighted by molar-refractivity contribution is 0.0749. The molecule has 1 rings (SSSR count). The summed E-state index contributed by atoms with van der Waals surface area (Å²) < 4.78 is 10.7. The van der Waals surface area contributed by atoms with E-state index in [0.717, 1.165) is 12.0 Å². The Morgan fingerprint density at radius 1 is 1.15 bits per heavy atom. The van der Waals surface area contributed by atoms with Crippen molar-refractivity contribution in [1.82, 2.24) is 0 Å². The summed E-state index contributed by atoms with van der Waals surface area (Å²) in [6.45, 7) is 4.96. The fourth-order valence-electron chi connectivity index (χ4n) is 2.08. The van der Waals surface area contributed by atoms with Crippen molar-refractivity contribution >= 4 is 5.78 Å². The van der Waals surface area contributed by atoms with E-state index < -0.39 is 0 Å². The predicted octanol–water partition coefficient (Wildman–Crippen LogP) is 4.17. The summed E-state index contributed by atoms with van der Waals surface area (Å²) in [6.07, 6.45) is 5.97. The van der Waals surface area contributed by atoms with Crippen molar-refractivity contribution in [1.29, 1.82) is 0 Å². The van der Waals surface area contributed by atoms with E-state index in [4.69, 9.17) is 9.47 Å². The number of rotatable bonds is 10. The third kappa shape index (κ3) is 5.74. The number of carbonyl (C=O) groups is 1. The first-order chi connectivity index (χ1) is 9.69. The quantitative estimate of drug-likeness (QED) is 0.476. The Morgan fingerprint density at radius 2 is 1.90 bits per heavy atom. The second-order valence-corrected chi connectivity index (χ2v) is 5.09. The van der Waals surface area contributed by atoms with Crippen molar-refractivity contribution in [2.24, 2.45) is 0 Å². The third-order valence-electron chi connectivity index (χ3n) is 3.28. The summed E-state index contributed by atoms with van der Waals surface area (Å²) in [5.41, 5.74) is 1.68. The van der Waals surface area contributed by atoms with Gasteiger partial charge in [0.05, 0.1) is 12.7 Å². The number of hydrogen-bond acceptors (Lipinski definition) is 3. The van der Waals surface area contributed by atoms with Crippen molar-refractivity contribution in [2.45, 2.75) is 46.0 Å². The van der Waals surface area contributed by atoms with Gasteiger partial charge in [0.2, 0.25) is 0 Å². The molecule has 20 heavy (non-hydrogen) atoms. The smallest absolute Gasteiger partial charge is 0.192 e. The Bertz CT molecular complexity index is 413. The molecule has 0 saturated carbocycles. The van der Waals surface area contributed by atoms with Crippen LogP contribution in [0.2, 0.25) is 0 Å². The largest absolute Gasteiger partial charge is 0.496 e. The second-order valence-electron chi connectivity index (χ2n) is 5.09. The molecular formula is C17H26O3. The summed E-state index contributed by atoms with van der Waals surface area (Å²) in [4.78, 5) is 12.1. The SMILES string of the molecule is CCCCCCCOCC(=O)c1ccc(C)cc1OC. The molecule has 0 unspecified atom stereocenters. The maximum absolute atomic E-state index is 12.1. The molecule has 0 heterocycles. The zero-order valence-corrected chi connectivity index (χ0v) is 12.9. The molecule has 0 N–H and O–H groups in total. The van der Waals surface area contributed by atoms with E-state index >= 15 is 0 Å². The number of carbonyl (C=O) groups excluding carboxylic acids is 1. The van der Waals surface area contributed by atoms with Gasteiger partial charge in [-0.2, -0.15) is 0 Å². The molecule has 3 heteroatoms. The zero-order chi connectivity index (χ0) is 14.8. The third-order valence-corrected chi connectivity index (χ3v) is 3.28. The summed E-state index contributed by atoms with van der Waals surface area (Å²) >= 11 is 0. The minimum atomic E-state index is -0.0181. The molecule has 0 spiro atoms. The molecule has 0 atom stereocenters. The van der Waals surface area contributed by atoms with Crippen LogP contribution in [-0.4, -0.2) is 26.1 Å². The van der Waals surface area contributed by atoms with Gasteiger partial charge in [-0.3, -0.25) is 4.79 Å². The number of ether oxygens (including phenoxy) is 2. The molecule has 0 amide bonds. The van der Waals surface area contributed by atoms with Crippen molar-refractivity contribution in [2.75, 3.05) is 20.3 Å². The van der Waals surface area contributed by atoms with Gasteiger partial charge in [-0.05, 0) is 31.0 Å². The van der Waals surface area contributed by atoms with Gasteiger partial charge < -0.3 is 9.47 Å². The molecule has 0 bridgehead atoms. The van der Waals surface area contributed by atoms with Crippen LogP contribution < -0.4 is 4.74 Å². The van der Waals surface area contributed by atoms with Crippen molar-refractivity contribution < 1.29 is 14.3 Å². The van der Waals surface area contributed by atoms with Gasteiger partial charge in [0.15, 0.2) is 5.78 Å². The van der Waals surface area contributed by atoms with Crippen LogP contribution in [0, 0.1) is 6.92 Å². The highest BCUT2D eigenvalue weighted by molar-refractivity contribution is 5.99. The number of aryl methyl sites for hydroxylation is 1. The van der Waals surface area contributed by atoms with Crippen LogP contribution in [0.25, 0.3) is 0 Å². The molecule has 1 aromatic rings. The summed E-state index contributed by atoms with van der Waals surface area (Å²) in [5, 5.41) is 0. The number of hydrogen-bond donors (Lipinski definition) is 0. The maximum Gasteiger partial charge on any atom is 0.192 e. The van der Waals surface area contributed by atoms with E-state index in [1.165, 1.54) is 25.7 Å². The molecule has 0 aliphatic carbocycles. The monoisotopic (exact) mass is 278 g/mol. The molecule has 0 aromatic heterocycles. The van der Waals surface area contributed by atoms with Crippen molar-refractivity contribution in [3.05, 3.63) is 29.3 Å². The molecule has 0 radical (unpaired) electrons. The number of ketones is 1. The first-order valence-electron chi connectivity index (χ1n) is 7.44. The van der Waals surface area contributed by atoms with Crippen LogP contribution in [0.1, 0.15) is 54.9 Å². The van der Waals surface area contributed by atoms with Crippen LogP contribution in [0.5, 0.6) is 5.75 Å². The zero-order valence-electron chi connectivity index (χ0n) is 12.9. The maximum atomic E-state index is 12.1. The predicted molar refractivity (Wildman–Crippen MR) is 81.6 cm³/mol. The van der Waals surface area contributed by atoms with Gasteiger partial charge in [-0.15, -0.1) is 0 Å². The van der Waals surface area contributed by atoms with Gasteiger partial charge in [0.25, 0.3) is 0 Å². The lowest BCUT2D eigenvalue weighted by atomic mass is 10.1. The first kappa shape index (κ1) is 16.7. The molecule has 3 nitrogen and oxygen atoms in total. The molecule has 112 valence electrons. The minimum Gasteiger partial charge on any atom is -0.496 e. The Balaban J connectivity index is 2.32. The Morgan fingerprint density at radius 3 is 2.60 bits per heavy atom. The average molecular weight is 278 g/mol. The number of methoxy groups -OCH3 is 1. The topological polar surface area (TPSA) is 35.5 Å². The van der Waals surface area contributed by atoms with Gasteiger partial charge in [-0.1, -0.05) is 38.7 Å². The molecule has 0 aliphatic rings. The van der Waals surface area contributed by atoms with Gasteiger partial charge >= 0.3 is 0 Å². The van der Waals surface area contributed by atoms with Gasteiger partial charge in [0, 0.05) is 6.61 Å². The fraction of sp³-hybridized carbons (Fsp3) is 0.588. The minimum absolute atomic E-state index is 0.0181. The first-order valence-corrected chi connectivity index (χ1v) is 7.44. The highest BCUT2D eigenvalue weighted by atomic mass is 16.5. The number of unbranched alkanes of at least 4 members (excludes halogenated alkanes) is 4. The second kappa shape index (κ2) is 9.54. The summed E-state index contributed by atoms with van der Waals surface area (Å²) in [7, 11) is 1.58. The molecular weight excluding hydrogens is 252 g/mol. The molecule has 0 saturated heterocycles. The summed E-state index contributed by atoms with van der Waals surface area (Å²) in [6, 6.07) is 5.60. The van der Waals surface area contributed by atoms with E-state index in [-0.39, 0.29) is 12.4 Å².